The van der Waals surface area contributed by atoms with E-state index in [1.165, 1.54) is 11.9 Å². The van der Waals surface area contributed by atoms with Crippen LogP contribution in [0.25, 0.3) is 0 Å². The molecule has 0 spiro atoms. The van der Waals surface area contributed by atoms with Gasteiger partial charge in [-0.2, -0.15) is 0 Å². The Bertz CT molecular complexity index is 267. The first kappa shape index (κ1) is 14.7. The number of aliphatic hydroxyl groups is 2. The molecule has 0 rings (SSSR count). The molecule has 0 aliphatic heterocycles. The van der Waals surface area contributed by atoms with Crippen molar-refractivity contribution in [1.29, 1.82) is 0 Å². The van der Waals surface area contributed by atoms with Gasteiger partial charge in [0.15, 0.2) is 6.10 Å². The number of carboxylic acid groups (broad SMARTS) is 1. The summed E-state index contributed by atoms with van der Waals surface area (Å²) in [7, 11) is 1.47. The molecule has 0 heterocycles. The normalized spacial score (nSPS) is 13.1. The highest BCUT2D eigenvalue weighted by molar-refractivity contribution is 5.77. The van der Waals surface area contributed by atoms with Crippen LogP contribution in [0, 0.1) is 0 Å². The van der Waals surface area contributed by atoms with Crippen LogP contribution < -0.4 is 5.32 Å². The van der Waals surface area contributed by atoms with E-state index in [0.717, 1.165) is 0 Å². The molecule has 0 bridgehead atoms. The molecule has 0 aromatic carbocycles. The Labute approximate surface area is 93.7 Å². The third-order valence-electron chi connectivity index (χ3n) is 2.33. The van der Waals surface area contributed by atoms with Crippen molar-refractivity contribution in [3.63, 3.8) is 0 Å². The maximum absolute atomic E-state index is 11.5. The zero-order valence-corrected chi connectivity index (χ0v) is 9.60. The van der Waals surface area contributed by atoms with E-state index in [9.17, 15) is 9.59 Å². The van der Waals surface area contributed by atoms with Crippen molar-refractivity contribution in [2.75, 3.05) is 20.2 Å². The second-order valence-corrected chi connectivity index (χ2v) is 4.07. The summed E-state index contributed by atoms with van der Waals surface area (Å²) in [6.45, 7) is 2.71. The number of aliphatic carboxylic acids is 1. The molecule has 4 N–H and O–H groups in total. The summed E-state index contributed by atoms with van der Waals surface area (Å²) in [6.07, 6.45) is -1.63. The molecule has 0 aliphatic rings. The van der Waals surface area contributed by atoms with Gasteiger partial charge in [0.25, 0.3) is 0 Å². The van der Waals surface area contributed by atoms with Crippen LogP contribution in [0.5, 0.6) is 0 Å². The van der Waals surface area contributed by atoms with Gasteiger partial charge in [-0.3, -0.25) is 0 Å². The first-order chi connectivity index (χ1) is 7.22. The number of likely N-dealkylation sites (N-methyl/N-ethyl adjacent to an activating group) is 1. The molecule has 0 aromatic heterocycles. The van der Waals surface area contributed by atoms with Crippen LogP contribution in [0.15, 0.2) is 0 Å². The summed E-state index contributed by atoms with van der Waals surface area (Å²) in [5.74, 6) is -1.40. The molecule has 1 unspecified atom stereocenters. The Hall–Kier alpha value is -1.34. The Morgan fingerprint density at radius 2 is 1.94 bits per heavy atom. The van der Waals surface area contributed by atoms with Gasteiger partial charge in [0, 0.05) is 7.05 Å². The summed E-state index contributed by atoms with van der Waals surface area (Å²) in [5, 5.41) is 28.6. The summed E-state index contributed by atoms with van der Waals surface area (Å²) in [4.78, 5) is 23.0. The average Bonchev–Trinajstić information content (AvgIpc) is 2.23. The van der Waals surface area contributed by atoms with Gasteiger partial charge in [-0.05, 0) is 13.8 Å². The minimum atomic E-state index is -1.63. The molecule has 94 valence electrons. The molecule has 0 radical (unpaired) electrons. The number of nitrogens with zero attached hydrogens (tertiary/aromatic N) is 1. The molecule has 0 fully saturated rings. The van der Waals surface area contributed by atoms with Gasteiger partial charge in [-0.15, -0.1) is 0 Å². The second kappa shape index (κ2) is 5.66. The summed E-state index contributed by atoms with van der Waals surface area (Å²) in [6, 6.07) is -0.556. The highest BCUT2D eigenvalue weighted by atomic mass is 16.4. The number of amides is 2. The van der Waals surface area contributed by atoms with Crippen LogP contribution in [-0.2, 0) is 4.79 Å². The monoisotopic (exact) mass is 234 g/mol. The van der Waals surface area contributed by atoms with E-state index in [1.807, 2.05) is 0 Å². The first-order valence-electron chi connectivity index (χ1n) is 4.75. The number of urea groups is 1. The fourth-order valence-electron chi connectivity index (χ4n) is 0.771. The Balaban J connectivity index is 4.22. The van der Waals surface area contributed by atoms with E-state index in [-0.39, 0.29) is 13.2 Å². The summed E-state index contributed by atoms with van der Waals surface area (Å²) >= 11 is 0. The lowest BCUT2D eigenvalue weighted by molar-refractivity contribution is -0.146. The van der Waals surface area contributed by atoms with Gasteiger partial charge >= 0.3 is 12.0 Å². The lowest BCUT2D eigenvalue weighted by Gasteiger charge is -2.33. The summed E-state index contributed by atoms with van der Waals surface area (Å²) in [5.41, 5.74) is -0.752. The zero-order chi connectivity index (χ0) is 12.9. The molecule has 2 amide bonds. The van der Waals surface area contributed by atoms with Gasteiger partial charge < -0.3 is 25.5 Å². The predicted octanol–water partition coefficient (Wildman–Crippen LogP) is -1.16. The number of carbonyl (C=O) groups excluding carboxylic acids is 1. The predicted molar refractivity (Wildman–Crippen MR) is 56.0 cm³/mol. The third-order valence-corrected chi connectivity index (χ3v) is 2.33. The smallest absolute Gasteiger partial charge is 0.334 e. The number of aliphatic hydroxyl groups excluding tert-OH is 2. The van der Waals surface area contributed by atoms with E-state index in [0.29, 0.717) is 0 Å². The molecular weight excluding hydrogens is 216 g/mol. The van der Waals surface area contributed by atoms with E-state index in [1.54, 1.807) is 13.8 Å². The van der Waals surface area contributed by atoms with Gasteiger partial charge in [0.1, 0.15) is 0 Å². The molecular formula is C9H18N2O5. The topological polar surface area (TPSA) is 110 Å². The molecule has 7 heteroatoms. The van der Waals surface area contributed by atoms with Crippen molar-refractivity contribution in [3.8, 4) is 0 Å². The minimum Gasteiger partial charge on any atom is -0.479 e. The van der Waals surface area contributed by atoms with Crippen molar-refractivity contribution in [1.82, 2.24) is 10.2 Å². The molecule has 0 aromatic rings. The number of hydrogen-bond acceptors (Lipinski definition) is 4. The Kier molecular flexibility index (Phi) is 5.19. The molecule has 16 heavy (non-hydrogen) atoms. The highest BCUT2D eigenvalue weighted by Gasteiger charge is 2.27. The van der Waals surface area contributed by atoms with Crippen molar-refractivity contribution in [2.45, 2.75) is 25.5 Å². The molecule has 7 nitrogen and oxygen atoms in total. The Morgan fingerprint density at radius 1 is 1.44 bits per heavy atom. The lowest BCUT2D eigenvalue weighted by atomic mass is 10.1. The standard InChI is InChI=1S/C9H18N2O5/c1-9(2,5-12)11(3)8(16)10-4-6(13)7(14)15/h6,12-13H,4-5H2,1-3H3,(H,10,16)(H,14,15). The number of hydrogen-bond donors (Lipinski definition) is 4. The van der Waals surface area contributed by atoms with Gasteiger partial charge in [-0.1, -0.05) is 0 Å². The van der Waals surface area contributed by atoms with Crippen molar-refractivity contribution >= 4 is 12.0 Å². The minimum absolute atomic E-state index is 0.224. The quantitative estimate of drug-likeness (QED) is 0.480. The Morgan fingerprint density at radius 3 is 2.31 bits per heavy atom. The highest BCUT2D eigenvalue weighted by Crippen LogP contribution is 2.10. The lowest BCUT2D eigenvalue weighted by Crippen LogP contribution is -2.53. The molecule has 0 saturated carbocycles. The van der Waals surface area contributed by atoms with Gasteiger partial charge in [-0.25, -0.2) is 9.59 Å². The first-order valence-corrected chi connectivity index (χ1v) is 4.75. The van der Waals surface area contributed by atoms with Crippen LogP contribution in [0.1, 0.15) is 13.8 Å². The third kappa shape index (κ3) is 4.03. The van der Waals surface area contributed by atoms with E-state index in [4.69, 9.17) is 15.3 Å². The van der Waals surface area contributed by atoms with Crippen LogP contribution in [0.2, 0.25) is 0 Å². The van der Waals surface area contributed by atoms with Crippen LogP contribution in [-0.4, -0.2) is 64.1 Å². The van der Waals surface area contributed by atoms with Crippen LogP contribution in [0.3, 0.4) is 0 Å². The number of nitrogens with one attached hydrogen (secondary N) is 1. The maximum Gasteiger partial charge on any atom is 0.334 e. The maximum atomic E-state index is 11.5. The van der Waals surface area contributed by atoms with Crippen molar-refractivity contribution < 1.29 is 24.9 Å². The van der Waals surface area contributed by atoms with E-state index < -0.39 is 23.6 Å². The van der Waals surface area contributed by atoms with Crippen molar-refractivity contribution in [2.24, 2.45) is 0 Å². The van der Waals surface area contributed by atoms with Gasteiger partial charge in [0.2, 0.25) is 0 Å². The van der Waals surface area contributed by atoms with E-state index in [2.05, 4.69) is 5.32 Å². The van der Waals surface area contributed by atoms with Crippen molar-refractivity contribution in [3.05, 3.63) is 0 Å². The largest absolute Gasteiger partial charge is 0.479 e. The number of carboxylic acids is 1. The summed E-state index contributed by atoms with van der Waals surface area (Å²) < 4.78 is 0. The second-order valence-electron chi connectivity index (χ2n) is 4.07. The molecule has 0 aliphatic carbocycles. The van der Waals surface area contributed by atoms with E-state index >= 15 is 0 Å². The van der Waals surface area contributed by atoms with Crippen LogP contribution in [0.4, 0.5) is 4.79 Å². The fourth-order valence-corrected chi connectivity index (χ4v) is 0.771. The van der Waals surface area contributed by atoms with Gasteiger partial charge in [0.05, 0.1) is 18.7 Å². The fraction of sp³-hybridized carbons (Fsp3) is 0.778. The van der Waals surface area contributed by atoms with Crippen LogP contribution >= 0.6 is 0 Å². The molecule has 1 atom stereocenters. The average molecular weight is 234 g/mol. The zero-order valence-electron chi connectivity index (χ0n) is 9.60. The number of rotatable bonds is 5. The number of carbonyl (C=O) groups is 2. The SMILES string of the molecule is CN(C(=O)NCC(O)C(=O)O)C(C)(C)CO. The molecule has 0 saturated heterocycles.